The van der Waals surface area contributed by atoms with Gasteiger partial charge in [0, 0.05) is 37.2 Å². The Hall–Kier alpha value is -3.56. The highest BCUT2D eigenvalue weighted by molar-refractivity contribution is 7.89. The summed E-state index contributed by atoms with van der Waals surface area (Å²) in [5, 5.41) is 2.87. The summed E-state index contributed by atoms with van der Waals surface area (Å²) >= 11 is 0. The smallest absolute Gasteiger partial charge is 0.244 e. The lowest BCUT2D eigenvalue weighted by Gasteiger charge is -2.44. The fraction of sp³-hybridized carbons (Fsp3) is 0.310. The molecule has 2 amide bonds. The van der Waals surface area contributed by atoms with Gasteiger partial charge in [-0.05, 0) is 36.2 Å². The molecule has 1 fully saturated rings. The summed E-state index contributed by atoms with van der Waals surface area (Å²) in [4.78, 5) is 28.1. The average Bonchev–Trinajstić information content (AvgIpc) is 2.92. The molecular formula is C29H32FN3O4S. The summed E-state index contributed by atoms with van der Waals surface area (Å²) in [7, 11) is -3.85. The van der Waals surface area contributed by atoms with Crippen LogP contribution >= 0.6 is 0 Å². The molecule has 4 rings (SSSR count). The zero-order valence-electron chi connectivity index (χ0n) is 21.7. The van der Waals surface area contributed by atoms with Gasteiger partial charge in [-0.1, -0.05) is 74.5 Å². The van der Waals surface area contributed by atoms with Gasteiger partial charge >= 0.3 is 0 Å². The predicted octanol–water partition coefficient (Wildman–Crippen LogP) is 4.06. The van der Waals surface area contributed by atoms with Crippen LogP contribution in [0.2, 0.25) is 0 Å². The second-order valence-electron chi connectivity index (χ2n) is 9.79. The van der Waals surface area contributed by atoms with Crippen LogP contribution in [0.15, 0.2) is 83.8 Å². The largest absolute Gasteiger partial charge is 0.350 e. The van der Waals surface area contributed by atoms with E-state index in [0.29, 0.717) is 5.56 Å². The molecule has 38 heavy (non-hydrogen) atoms. The fourth-order valence-corrected chi connectivity index (χ4v) is 6.21. The van der Waals surface area contributed by atoms with Crippen molar-refractivity contribution in [2.45, 2.75) is 44.3 Å². The van der Waals surface area contributed by atoms with Crippen LogP contribution < -0.4 is 5.32 Å². The van der Waals surface area contributed by atoms with E-state index < -0.39 is 28.0 Å². The third kappa shape index (κ3) is 5.79. The third-order valence-corrected chi connectivity index (χ3v) is 8.54. The van der Waals surface area contributed by atoms with Crippen molar-refractivity contribution in [3.05, 3.63) is 90.2 Å². The van der Waals surface area contributed by atoms with Crippen LogP contribution in [0.5, 0.6) is 0 Å². The van der Waals surface area contributed by atoms with Gasteiger partial charge in [0.05, 0.1) is 4.90 Å². The Balaban J connectivity index is 1.53. The zero-order valence-corrected chi connectivity index (χ0v) is 22.5. The Labute approximate surface area is 223 Å². The van der Waals surface area contributed by atoms with Crippen molar-refractivity contribution in [2.75, 3.05) is 13.1 Å². The van der Waals surface area contributed by atoms with Crippen LogP contribution in [0, 0.1) is 11.7 Å². The lowest BCUT2D eigenvalue weighted by Crippen LogP contribution is -2.65. The second-order valence-corrected chi connectivity index (χ2v) is 11.7. The Kier molecular flexibility index (Phi) is 8.28. The van der Waals surface area contributed by atoms with E-state index in [0.717, 1.165) is 11.1 Å². The minimum atomic E-state index is -3.85. The topological polar surface area (TPSA) is 86.8 Å². The number of piperazine rings is 1. The maximum atomic E-state index is 14.1. The molecule has 1 heterocycles. The van der Waals surface area contributed by atoms with Gasteiger partial charge in [-0.2, -0.15) is 4.31 Å². The highest BCUT2D eigenvalue weighted by Crippen LogP contribution is 2.26. The van der Waals surface area contributed by atoms with Crippen molar-refractivity contribution in [3.63, 3.8) is 0 Å². The molecule has 2 unspecified atom stereocenters. The van der Waals surface area contributed by atoms with E-state index in [-0.39, 0.29) is 42.2 Å². The molecule has 0 aromatic heterocycles. The van der Waals surface area contributed by atoms with Crippen molar-refractivity contribution < 1.29 is 22.4 Å². The third-order valence-electron chi connectivity index (χ3n) is 6.69. The van der Waals surface area contributed by atoms with Crippen LogP contribution in [-0.4, -0.2) is 54.6 Å². The minimum Gasteiger partial charge on any atom is -0.350 e. The van der Waals surface area contributed by atoms with Gasteiger partial charge in [0.2, 0.25) is 21.8 Å². The van der Waals surface area contributed by atoms with Gasteiger partial charge in [-0.15, -0.1) is 0 Å². The Bertz CT molecular complexity index is 1390. The molecule has 0 bridgehead atoms. The van der Waals surface area contributed by atoms with Crippen LogP contribution in [-0.2, 0) is 26.2 Å². The number of halogens is 1. The molecule has 3 aromatic rings. The second kappa shape index (κ2) is 11.4. The van der Waals surface area contributed by atoms with Crippen molar-refractivity contribution in [1.29, 1.82) is 0 Å². The number of benzene rings is 3. The summed E-state index contributed by atoms with van der Waals surface area (Å²) in [5.74, 6) is -1.30. The fourth-order valence-electron chi connectivity index (χ4n) is 4.67. The highest BCUT2D eigenvalue weighted by Gasteiger charge is 2.43. The first-order chi connectivity index (χ1) is 18.1. The maximum absolute atomic E-state index is 14.1. The number of amides is 2. The van der Waals surface area contributed by atoms with Gasteiger partial charge in [0.25, 0.3) is 0 Å². The van der Waals surface area contributed by atoms with E-state index in [4.69, 9.17) is 0 Å². The molecule has 1 N–H and O–H groups in total. The molecule has 200 valence electrons. The molecule has 1 saturated heterocycles. The standard InChI is InChI=1S/C29H32FN3O4S/c1-20(2)29(35)33-21(3)18-32(38(36,37)24-9-5-4-6-10-24)19-27(33)28(34)31-17-22-13-15-23(16-14-22)25-11-7-8-12-26(25)30/h4-16,20-21,27H,17-19H2,1-3H3,(H,31,34). The number of sulfonamides is 1. The molecular weight excluding hydrogens is 505 g/mol. The van der Waals surface area contributed by atoms with Crippen LogP contribution in [0.3, 0.4) is 0 Å². The predicted molar refractivity (Wildman–Crippen MR) is 144 cm³/mol. The molecule has 3 aromatic carbocycles. The lowest BCUT2D eigenvalue weighted by molar-refractivity contribution is -0.148. The van der Waals surface area contributed by atoms with Crippen molar-refractivity contribution >= 4 is 21.8 Å². The van der Waals surface area contributed by atoms with E-state index in [1.807, 2.05) is 0 Å². The maximum Gasteiger partial charge on any atom is 0.244 e. The van der Waals surface area contributed by atoms with Crippen molar-refractivity contribution in [2.24, 2.45) is 5.92 Å². The normalized spacial score (nSPS) is 18.4. The molecule has 0 radical (unpaired) electrons. The molecule has 2 atom stereocenters. The number of rotatable bonds is 7. The first-order valence-electron chi connectivity index (χ1n) is 12.6. The van der Waals surface area contributed by atoms with E-state index in [1.54, 1.807) is 81.4 Å². The molecule has 0 spiro atoms. The van der Waals surface area contributed by atoms with Crippen LogP contribution in [0.1, 0.15) is 26.3 Å². The van der Waals surface area contributed by atoms with Gasteiger partial charge < -0.3 is 10.2 Å². The quantitative estimate of drug-likeness (QED) is 0.493. The number of carbonyl (C=O) groups excluding carboxylic acids is 2. The minimum absolute atomic E-state index is 0.0942. The Morgan fingerprint density at radius 1 is 0.947 bits per heavy atom. The van der Waals surface area contributed by atoms with Gasteiger partial charge in [-0.25, -0.2) is 12.8 Å². The number of nitrogens with one attached hydrogen (secondary N) is 1. The van der Waals surface area contributed by atoms with Crippen LogP contribution in [0.25, 0.3) is 11.1 Å². The number of nitrogens with zero attached hydrogens (tertiary/aromatic N) is 2. The molecule has 9 heteroatoms. The van der Waals surface area contributed by atoms with E-state index >= 15 is 0 Å². The van der Waals surface area contributed by atoms with Crippen molar-refractivity contribution in [1.82, 2.24) is 14.5 Å². The monoisotopic (exact) mass is 537 g/mol. The summed E-state index contributed by atoms with van der Waals surface area (Å²) in [6, 6.07) is 20.3. The lowest BCUT2D eigenvalue weighted by atomic mass is 10.0. The van der Waals surface area contributed by atoms with Gasteiger partial charge in [-0.3, -0.25) is 9.59 Å². The highest BCUT2D eigenvalue weighted by atomic mass is 32.2. The summed E-state index contributed by atoms with van der Waals surface area (Å²) in [5.41, 5.74) is 1.99. The first-order valence-corrected chi connectivity index (χ1v) is 14.0. The zero-order chi connectivity index (χ0) is 27.4. The molecule has 0 aliphatic carbocycles. The number of hydrogen-bond donors (Lipinski definition) is 1. The Morgan fingerprint density at radius 2 is 1.58 bits per heavy atom. The first kappa shape index (κ1) is 27.5. The van der Waals surface area contributed by atoms with Gasteiger partial charge in [0.15, 0.2) is 0 Å². The van der Waals surface area contributed by atoms with Crippen LogP contribution in [0.4, 0.5) is 4.39 Å². The van der Waals surface area contributed by atoms with Gasteiger partial charge in [0.1, 0.15) is 11.9 Å². The summed E-state index contributed by atoms with van der Waals surface area (Å²) in [6.45, 7) is 5.41. The Morgan fingerprint density at radius 3 is 2.21 bits per heavy atom. The molecule has 1 aliphatic rings. The summed E-state index contributed by atoms with van der Waals surface area (Å²) in [6.07, 6.45) is 0. The number of hydrogen-bond acceptors (Lipinski definition) is 4. The molecule has 0 saturated carbocycles. The van der Waals surface area contributed by atoms with E-state index in [2.05, 4.69) is 5.32 Å². The number of carbonyl (C=O) groups is 2. The average molecular weight is 538 g/mol. The van der Waals surface area contributed by atoms with E-state index in [1.165, 1.54) is 27.4 Å². The molecule has 7 nitrogen and oxygen atoms in total. The SMILES string of the molecule is CC(C)C(=O)N1C(C)CN(S(=O)(=O)c2ccccc2)CC1C(=O)NCc1ccc(-c2ccccc2F)cc1. The summed E-state index contributed by atoms with van der Waals surface area (Å²) < 4.78 is 42.1. The molecule has 1 aliphatic heterocycles. The van der Waals surface area contributed by atoms with Crippen molar-refractivity contribution in [3.8, 4) is 11.1 Å². The van der Waals surface area contributed by atoms with E-state index in [9.17, 15) is 22.4 Å².